The van der Waals surface area contributed by atoms with E-state index in [0.717, 1.165) is 32.0 Å². The van der Waals surface area contributed by atoms with Crippen LogP contribution in [-0.4, -0.2) is 93.7 Å². The zero-order valence-corrected chi connectivity index (χ0v) is 32.9. The van der Waals surface area contributed by atoms with Crippen LogP contribution in [0.5, 0.6) is 0 Å². The largest absolute Gasteiger partial charge is 0.478 e. The van der Waals surface area contributed by atoms with Gasteiger partial charge in [0.1, 0.15) is 0 Å². The number of sulfone groups is 1. The number of benzene rings is 1. The first-order valence-electron chi connectivity index (χ1n) is 19.8. The number of allylic oxidation sites excluding steroid dienone is 2. The van der Waals surface area contributed by atoms with Crippen LogP contribution in [0.25, 0.3) is 5.57 Å². The Bertz CT molecular complexity index is 1590. The lowest BCUT2D eigenvalue weighted by Gasteiger charge is -2.72. The maximum absolute atomic E-state index is 11.9. The van der Waals surface area contributed by atoms with E-state index in [1.807, 2.05) is 12.1 Å². The fraction of sp³-hybridized carbons (Fsp3) is 0.786. The smallest absolute Gasteiger partial charge is 0.335 e. The van der Waals surface area contributed by atoms with Gasteiger partial charge < -0.3 is 20.2 Å². The molecule has 4 saturated carbocycles. The van der Waals surface area contributed by atoms with Crippen LogP contribution in [0.2, 0.25) is 0 Å². The normalized spacial score (nSPS) is 42.2. The third kappa shape index (κ3) is 5.67. The Morgan fingerprint density at radius 3 is 2.26 bits per heavy atom. The molecular formula is C42H65N3O4S. The van der Waals surface area contributed by atoms with E-state index in [4.69, 9.17) is 0 Å². The first-order valence-corrected chi connectivity index (χ1v) is 21.6. The molecule has 2 unspecified atom stereocenters. The van der Waals surface area contributed by atoms with Gasteiger partial charge in [0.15, 0.2) is 9.84 Å². The molecule has 7 nitrogen and oxygen atoms in total. The summed E-state index contributed by atoms with van der Waals surface area (Å²) >= 11 is 0. The number of hydrogen-bond donors (Lipinski definition) is 2. The lowest BCUT2D eigenvalue weighted by Crippen LogP contribution is -2.66. The molecule has 1 saturated heterocycles. The zero-order chi connectivity index (χ0) is 35.9. The average Bonchev–Trinajstić information content (AvgIpc) is 3.44. The minimum atomic E-state index is -2.84. The van der Waals surface area contributed by atoms with Crippen molar-refractivity contribution in [3.05, 3.63) is 41.5 Å². The third-order valence-corrected chi connectivity index (χ3v) is 18.4. The van der Waals surface area contributed by atoms with Crippen LogP contribution < -0.4 is 5.32 Å². The van der Waals surface area contributed by atoms with Crippen molar-refractivity contribution < 1.29 is 18.3 Å². The van der Waals surface area contributed by atoms with E-state index in [0.29, 0.717) is 70.2 Å². The topological polar surface area (TPSA) is 90.0 Å². The van der Waals surface area contributed by atoms with Crippen molar-refractivity contribution in [1.82, 2.24) is 15.1 Å². The SMILES string of the molecule is CN(C)C1CCC2(CNCCN3CCS(=O)(=O)CC3)CC[C@]3(C)[C@H](CC[C@@H]4[C@@]5(C)CC=C(c6ccc(C(=O)O)cc6)C(C)(C)[C@@H]5CC[C@]43C)[C@@H]12. The van der Waals surface area contributed by atoms with Gasteiger partial charge in [-0.15, -0.1) is 0 Å². The summed E-state index contributed by atoms with van der Waals surface area (Å²) in [6.07, 6.45) is 14.1. The van der Waals surface area contributed by atoms with Crippen molar-refractivity contribution in [1.29, 1.82) is 0 Å². The molecule has 0 aromatic heterocycles. The number of aromatic carboxylic acids is 1. The standard InChI is InChI=1S/C42H65N3O4S/c1-38(2)31(29-8-10-30(11-9-29)37(46)47)14-17-39(3)34(38)16-18-41(5)35(39)13-12-32-36-33(44(6)7)15-19-42(36,21-20-40(32,41)4)28-43-22-23-45-24-26-50(48,49)27-25-45/h8-11,14,32-36,43H,12-13,15-28H2,1-7H3,(H,46,47)/t32-,33?,34+,35-,36+,39+,40-,41-,42?/m1/s1. The molecule has 5 aliphatic carbocycles. The maximum Gasteiger partial charge on any atom is 0.335 e. The highest BCUT2D eigenvalue weighted by Gasteiger charge is 2.70. The Balaban J connectivity index is 1.12. The first kappa shape index (κ1) is 36.6. The highest BCUT2D eigenvalue weighted by Crippen LogP contribution is 2.77. The first-order chi connectivity index (χ1) is 23.5. The number of hydrogen-bond acceptors (Lipinski definition) is 6. The van der Waals surface area contributed by atoms with Gasteiger partial charge in [-0.3, -0.25) is 0 Å². The van der Waals surface area contributed by atoms with Gasteiger partial charge in [0.05, 0.1) is 17.1 Å². The van der Waals surface area contributed by atoms with Gasteiger partial charge in [0.25, 0.3) is 0 Å². The van der Waals surface area contributed by atoms with Gasteiger partial charge in [0.2, 0.25) is 0 Å². The summed E-state index contributed by atoms with van der Waals surface area (Å²) in [4.78, 5) is 16.5. The predicted molar refractivity (Wildman–Crippen MR) is 203 cm³/mol. The van der Waals surface area contributed by atoms with Crippen molar-refractivity contribution in [2.24, 2.45) is 50.7 Å². The Labute approximate surface area is 302 Å². The van der Waals surface area contributed by atoms with Crippen molar-refractivity contribution in [3.63, 3.8) is 0 Å². The Morgan fingerprint density at radius 2 is 1.60 bits per heavy atom. The lowest BCUT2D eigenvalue weighted by atomic mass is 9.32. The van der Waals surface area contributed by atoms with E-state index in [9.17, 15) is 18.3 Å². The molecule has 6 aliphatic rings. The quantitative estimate of drug-likeness (QED) is 0.279. The molecule has 278 valence electrons. The molecule has 0 radical (unpaired) electrons. The Hall–Kier alpha value is -1.74. The second-order valence-electron chi connectivity index (χ2n) is 19.2. The van der Waals surface area contributed by atoms with Crippen LogP contribution in [0, 0.1) is 50.7 Å². The molecule has 0 amide bonds. The van der Waals surface area contributed by atoms with Gasteiger partial charge in [-0.2, -0.15) is 0 Å². The number of carboxylic acid groups (broad SMARTS) is 1. The molecule has 8 heteroatoms. The van der Waals surface area contributed by atoms with Crippen LogP contribution in [0.1, 0.15) is 108 Å². The fourth-order valence-corrected chi connectivity index (χ4v) is 15.3. The monoisotopic (exact) mass is 707 g/mol. The van der Waals surface area contributed by atoms with Gasteiger partial charge in [-0.1, -0.05) is 52.8 Å². The summed E-state index contributed by atoms with van der Waals surface area (Å²) in [5.74, 6) is 2.48. The summed E-state index contributed by atoms with van der Waals surface area (Å²) in [6, 6.07) is 8.24. The Morgan fingerprint density at radius 1 is 0.900 bits per heavy atom. The van der Waals surface area contributed by atoms with E-state index in [1.54, 1.807) is 12.1 Å². The van der Waals surface area contributed by atoms with E-state index in [2.05, 4.69) is 69.9 Å². The molecule has 1 aliphatic heterocycles. The second kappa shape index (κ2) is 12.7. The van der Waals surface area contributed by atoms with Crippen molar-refractivity contribution in [2.75, 3.05) is 58.3 Å². The highest BCUT2D eigenvalue weighted by molar-refractivity contribution is 7.91. The molecular weight excluding hydrogens is 643 g/mol. The minimum Gasteiger partial charge on any atom is -0.478 e. The molecule has 2 N–H and O–H groups in total. The van der Waals surface area contributed by atoms with Gasteiger partial charge >= 0.3 is 5.97 Å². The van der Waals surface area contributed by atoms with Gasteiger partial charge in [-0.05, 0) is 146 Å². The molecule has 0 spiro atoms. The van der Waals surface area contributed by atoms with E-state index < -0.39 is 15.8 Å². The number of carboxylic acids is 1. The number of rotatable bonds is 8. The van der Waals surface area contributed by atoms with Crippen LogP contribution in [0.15, 0.2) is 30.3 Å². The maximum atomic E-state index is 11.9. The predicted octanol–water partition coefficient (Wildman–Crippen LogP) is 7.09. The molecule has 9 atom stereocenters. The van der Waals surface area contributed by atoms with Crippen molar-refractivity contribution >= 4 is 21.4 Å². The molecule has 7 rings (SSSR count). The lowest BCUT2D eigenvalue weighted by molar-refractivity contribution is -0.226. The average molecular weight is 708 g/mol. The summed E-state index contributed by atoms with van der Waals surface area (Å²) in [5.41, 5.74) is 4.17. The second-order valence-corrected chi connectivity index (χ2v) is 21.5. The third-order valence-electron chi connectivity index (χ3n) is 16.8. The van der Waals surface area contributed by atoms with E-state index >= 15 is 0 Å². The van der Waals surface area contributed by atoms with Crippen molar-refractivity contribution in [2.45, 2.75) is 98.4 Å². The van der Waals surface area contributed by atoms with Gasteiger partial charge in [-0.25, -0.2) is 13.2 Å². The zero-order valence-electron chi connectivity index (χ0n) is 32.1. The number of fused-ring (bicyclic) bond motifs is 7. The molecule has 1 heterocycles. The molecule has 1 aromatic rings. The van der Waals surface area contributed by atoms with Gasteiger partial charge in [0, 0.05) is 38.8 Å². The van der Waals surface area contributed by atoms with Crippen LogP contribution in [-0.2, 0) is 9.84 Å². The summed E-state index contributed by atoms with van der Waals surface area (Å²) in [7, 11) is 1.81. The van der Waals surface area contributed by atoms with Crippen LogP contribution >= 0.6 is 0 Å². The summed E-state index contributed by atoms with van der Waals surface area (Å²) < 4.78 is 23.9. The minimum absolute atomic E-state index is 0.0220. The van der Waals surface area contributed by atoms with E-state index in [1.165, 1.54) is 62.5 Å². The number of nitrogens with zero attached hydrogens (tertiary/aromatic N) is 2. The van der Waals surface area contributed by atoms with Crippen molar-refractivity contribution in [3.8, 4) is 0 Å². The highest BCUT2D eigenvalue weighted by atomic mass is 32.2. The van der Waals surface area contributed by atoms with Crippen LogP contribution in [0.4, 0.5) is 0 Å². The summed E-state index contributed by atoms with van der Waals surface area (Å²) in [6.45, 7) is 17.4. The van der Waals surface area contributed by atoms with E-state index in [-0.39, 0.29) is 10.8 Å². The summed E-state index contributed by atoms with van der Waals surface area (Å²) in [5, 5.41) is 13.4. The molecule has 50 heavy (non-hydrogen) atoms. The molecule has 1 aromatic carbocycles. The van der Waals surface area contributed by atoms with Crippen LogP contribution in [0.3, 0.4) is 0 Å². The number of nitrogens with one attached hydrogen (secondary N) is 1. The number of carbonyl (C=O) groups is 1. The molecule has 0 bridgehead atoms. The Kier molecular flexibility index (Phi) is 9.29. The molecule has 5 fully saturated rings. The fourth-order valence-electron chi connectivity index (χ4n) is 14.0.